The molecule has 0 aliphatic rings. The molecule has 0 aliphatic carbocycles. The standard InChI is InChI=1S/C23H29N5O3S/c1-14(2)16-6-8-17(9-7-16)26-18(29)12-28-13-25-22-19(23(28)31)15(3)20(32-22)21(30)24-10-11-27(4)5/h6-9,13-14H,10-12H2,1-5H3,(H,24,30)(H,26,29). The first-order valence-corrected chi connectivity index (χ1v) is 11.3. The molecule has 170 valence electrons. The first kappa shape index (κ1) is 23.6. The molecule has 0 bridgehead atoms. The number of likely N-dealkylation sites (N-methyl/N-ethyl adjacent to an activating group) is 1. The molecule has 8 nitrogen and oxygen atoms in total. The number of carbonyl (C=O) groups excluding carboxylic acids is 2. The Labute approximate surface area is 191 Å². The number of thiophene rings is 1. The number of fused-ring (bicyclic) bond motifs is 1. The van der Waals surface area contributed by atoms with Crippen molar-refractivity contribution >= 4 is 39.1 Å². The van der Waals surface area contributed by atoms with E-state index >= 15 is 0 Å². The van der Waals surface area contributed by atoms with Crippen LogP contribution in [0.5, 0.6) is 0 Å². The predicted octanol–water partition coefficient (Wildman–Crippen LogP) is 2.82. The number of carbonyl (C=O) groups is 2. The number of anilines is 1. The van der Waals surface area contributed by atoms with E-state index in [0.29, 0.717) is 38.8 Å². The minimum atomic E-state index is -0.332. The molecule has 0 atom stereocenters. The molecule has 3 aromatic rings. The third-order valence-electron chi connectivity index (χ3n) is 5.14. The number of nitrogens with zero attached hydrogens (tertiary/aromatic N) is 3. The van der Waals surface area contributed by atoms with Crippen molar-refractivity contribution in [3.63, 3.8) is 0 Å². The minimum Gasteiger partial charge on any atom is -0.350 e. The molecule has 32 heavy (non-hydrogen) atoms. The molecule has 1 aromatic carbocycles. The van der Waals surface area contributed by atoms with E-state index in [1.165, 1.54) is 27.8 Å². The second-order valence-electron chi connectivity index (χ2n) is 8.30. The van der Waals surface area contributed by atoms with Crippen LogP contribution in [0.3, 0.4) is 0 Å². The van der Waals surface area contributed by atoms with E-state index in [4.69, 9.17) is 0 Å². The molecule has 9 heteroatoms. The summed E-state index contributed by atoms with van der Waals surface area (Å²) in [7, 11) is 3.86. The number of aryl methyl sites for hydroxylation is 1. The van der Waals surface area contributed by atoms with Crippen LogP contribution in [-0.2, 0) is 11.3 Å². The van der Waals surface area contributed by atoms with Crippen molar-refractivity contribution in [1.29, 1.82) is 0 Å². The number of amides is 2. The Kier molecular flexibility index (Phi) is 7.42. The van der Waals surface area contributed by atoms with Crippen molar-refractivity contribution < 1.29 is 9.59 Å². The number of hydrogen-bond donors (Lipinski definition) is 2. The van der Waals surface area contributed by atoms with Gasteiger partial charge in [0.15, 0.2) is 0 Å². The third-order valence-corrected chi connectivity index (χ3v) is 6.34. The van der Waals surface area contributed by atoms with Crippen molar-refractivity contribution in [2.45, 2.75) is 33.2 Å². The second kappa shape index (κ2) is 10.1. The van der Waals surface area contributed by atoms with E-state index in [9.17, 15) is 14.4 Å². The summed E-state index contributed by atoms with van der Waals surface area (Å²) in [6.07, 6.45) is 1.36. The average molecular weight is 456 g/mol. The highest BCUT2D eigenvalue weighted by Gasteiger charge is 2.20. The average Bonchev–Trinajstić information content (AvgIpc) is 3.07. The van der Waals surface area contributed by atoms with Gasteiger partial charge in [0.1, 0.15) is 11.4 Å². The predicted molar refractivity (Wildman–Crippen MR) is 129 cm³/mol. The summed E-state index contributed by atoms with van der Waals surface area (Å²) < 4.78 is 1.27. The van der Waals surface area contributed by atoms with Gasteiger partial charge >= 0.3 is 0 Å². The molecular weight excluding hydrogens is 426 g/mol. The number of rotatable bonds is 8. The summed E-state index contributed by atoms with van der Waals surface area (Å²) in [5, 5.41) is 6.05. The highest BCUT2D eigenvalue weighted by molar-refractivity contribution is 7.20. The van der Waals surface area contributed by atoms with Gasteiger partial charge in [0.2, 0.25) is 5.91 Å². The highest BCUT2D eigenvalue weighted by Crippen LogP contribution is 2.26. The SMILES string of the molecule is Cc1c(C(=O)NCCN(C)C)sc2ncn(CC(=O)Nc3ccc(C(C)C)cc3)c(=O)c12. The summed E-state index contributed by atoms with van der Waals surface area (Å²) in [5.74, 6) is -0.133. The molecule has 3 rings (SSSR count). The van der Waals surface area contributed by atoms with E-state index in [1.54, 1.807) is 6.92 Å². The second-order valence-corrected chi connectivity index (χ2v) is 9.30. The largest absolute Gasteiger partial charge is 0.350 e. The van der Waals surface area contributed by atoms with Crippen LogP contribution in [-0.4, -0.2) is 53.5 Å². The Morgan fingerprint density at radius 3 is 2.50 bits per heavy atom. The lowest BCUT2D eigenvalue weighted by atomic mass is 10.0. The van der Waals surface area contributed by atoms with E-state index < -0.39 is 0 Å². The summed E-state index contributed by atoms with van der Waals surface area (Å²) in [6, 6.07) is 7.64. The number of benzene rings is 1. The maximum absolute atomic E-state index is 13.0. The van der Waals surface area contributed by atoms with Gasteiger partial charge in [0, 0.05) is 18.8 Å². The molecule has 2 aromatic heterocycles. The van der Waals surface area contributed by atoms with Gasteiger partial charge in [-0.2, -0.15) is 0 Å². The van der Waals surface area contributed by atoms with Crippen molar-refractivity contribution in [2.75, 3.05) is 32.5 Å². The normalized spacial score (nSPS) is 11.3. The first-order valence-electron chi connectivity index (χ1n) is 10.5. The van der Waals surface area contributed by atoms with E-state index in [0.717, 1.165) is 6.54 Å². The van der Waals surface area contributed by atoms with Gasteiger partial charge in [-0.05, 0) is 50.2 Å². The molecule has 2 heterocycles. The van der Waals surface area contributed by atoms with Crippen LogP contribution >= 0.6 is 11.3 Å². The number of aromatic nitrogens is 2. The van der Waals surface area contributed by atoms with Gasteiger partial charge in [-0.15, -0.1) is 11.3 Å². The van der Waals surface area contributed by atoms with Crippen molar-refractivity contribution in [1.82, 2.24) is 19.8 Å². The van der Waals surface area contributed by atoms with Gasteiger partial charge in [-0.25, -0.2) is 4.98 Å². The van der Waals surface area contributed by atoms with Crippen LogP contribution in [0.15, 0.2) is 35.4 Å². The zero-order valence-corrected chi connectivity index (χ0v) is 19.9. The molecule has 0 unspecified atom stereocenters. The van der Waals surface area contributed by atoms with Crippen LogP contribution in [0.25, 0.3) is 10.2 Å². The number of hydrogen-bond acceptors (Lipinski definition) is 6. The van der Waals surface area contributed by atoms with Crippen molar-refractivity contribution in [3.8, 4) is 0 Å². The zero-order valence-electron chi connectivity index (χ0n) is 19.1. The summed E-state index contributed by atoms with van der Waals surface area (Å²) in [5.41, 5.74) is 2.11. The van der Waals surface area contributed by atoms with Crippen LogP contribution in [0.1, 0.15) is 40.6 Å². The Morgan fingerprint density at radius 2 is 1.88 bits per heavy atom. The van der Waals surface area contributed by atoms with Crippen LogP contribution in [0.4, 0.5) is 5.69 Å². The van der Waals surface area contributed by atoms with Gasteiger partial charge in [-0.3, -0.25) is 19.0 Å². The molecule has 2 N–H and O–H groups in total. The zero-order chi connectivity index (χ0) is 23.4. The Morgan fingerprint density at radius 1 is 1.19 bits per heavy atom. The molecular formula is C23H29N5O3S. The fourth-order valence-corrected chi connectivity index (χ4v) is 4.32. The minimum absolute atomic E-state index is 0.159. The van der Waals surface area contributed by atoms with Crippen LogP contribution in [0.2, 0.25) is 0 Å². The molecule has 0 saturated heterocycles. The summed E-state index contributed by atoms with van der Waals surface area (Å²) >= 11 is 1.19. The Hall–Kier alpha value is -3.04. The quantitative estimate of drug-likeness (QED) is 0.545. The molecule has 0 radical (unpaired) electrons. The maximum atomic E-state index is 13.0. The lowest BCUT2D eigenvalue weighted by Gasteiger charge is -2.10. The molecule has 0 spiro atoms. The Bertz CT molecular complexity index is 1180. The monoisotopic (exact) mass is 455 g/mol. The van der Waals surface area contributed by atoms with Gasteiger partial charge < -0.3 is 15.5 Å². The van der Waals surface area contributed by atoms with E-state index in [-0.39, 0.29) is 23.9 Å². The molecule has 0 fully saturated rings. The summed E-state index contributed by atoms with van der Waals surface area (Å²) in [4.78, 5) is 45.3. The van der Waals surface area contributed by atoms with Crippen molar-refractivity contribution in [3.05, 3.63) is 57.0 Å². The van der Waals surface area contributed by atoms with Crippen LogP contribution in [0, 0.1) is 6.92 Å². The van der Waals surface area contributed by atoms with E-state index in [2.05, 4.69) is 29.5 Å². The van der Waals surface area contributed by atoms with E-state index in [1.807, 2.05) is 43.3 Å². The molecule has 0 saturated carbocycles. The van der Waals surface area contributed by atoms with Gasteiger partial charge in [0.25, 0.3) is 11.5 Å². The lowest BCUT2D eigenvalue weighted by molar-refractivity contribution is -0.116. The highest BCUT2D eigenvalue weighted by atomic mass is 32.1. The topological polar surface area (TPSA) is 96.3 Å². The third kappa shape index (κ3) is 5.41. The van der Waals surface area contributed by atoms with Gasteiger partial charge in [-0.1, -0.05) is 26.0 Å². The number of nitrogens with one attached hydrogen (secondary N) is 2. The first-order chi connectivity index (χ1) is 15.2. The Balaban J connectivity index is 1.76. The molecule has 2 amide bonds. The van der Waals surface area contributed by atoms with Crippen LogP contribution < -0.4 is 16.2 Å². The smallest absolute Gasteiger partial charge is 0.262 e. The molecule has 0 aliphatic heterocycles. The van der Waals surface area contributed by atoms with Crippen molar-refractivity contribution in [2.24, 2.45) is 0 Å². The summed E-state index contributed by atoms with van der Waals surface area (Å²) in [6.45, 7) is 7.02. The fourth-order valence-electron chi connectivity index (χ4n) is 3.27. The fraction of sp³-hybridized carbons (Fsp3) is 0.391. The van der Waals surface area contributed by atoms with Gasteiger partial charge in [0.05, 0.1) is 16.6 Å². The lowest BCUT2D eigenvalue weighted by Crippen LogP contribution is -2.31. The maximum Gasteiger partial charge on any atom is 0.262 e.